The lowest BCUT2D eigenvalue weighted by molar-refractivity contribution is -0.143. The van der Waals surface area contributed by atoms with Crippen LogP contribution in [-0.4, -0.2) is 73.8 Å². The predicted octanol–water partition coefficient (Wildman–Crippen LogP) is 0.528. The minimum atomic E-state index is -1.14. The molecule has 1 unspecified atom stereocenters. The second-order valence-electron chi connectivity index (χ2n) is 10.2. The van der Waals surface area contributed by atoms with E-state index in [-0.39, 0.29) is 60.3 Å². The van der Waals surface area contributed by atoms with Crippen molar-refractivity contribution in [2.24, 2.45) is 0 Å². The van der Waals surface area contributed by atoms with Crippen LogP contribution < -0.4 is 27.4 Å². The summed E-state index contributed by atoms with van der Waals surface area (Å²) in [7, 11) is 1.20. The molecule has 0 spiro atoms. The number of benzene rings is 2. The number of rotatable bonds is 11. The quantitative estimate of drug-likeness (QED) is 0.0880. The second-order valence-corrected chi connectivity index (χ2v) is 10.2. The summed E-state index contributed by atoms with van der Waals surface area (Å²) in [6, 6.07) is 9.83. The Morgan fingerprint density at radius 1 is 1.13 bits per heavy atom. The van der Waals surface area contributed by atoms with Gasteiger partial charge in [0.2, 0.25) is 12.4 Å². The molecule has 0 bridgehead atoms. The van der Waals surface area contributed by atoms with Crippen molar-refractivity contribution in [3.63, 3.8) is 0 Å². The Hall–Kier alpha value is -5.90. The molecule has 8 N–H and O–H groups in total. The summed E-state index contributed by atoms with van der Waals surface area (Å²) in [6.07, 6.45) is 1.33. The van der Waals surface area contributed by atoms with Crippen LogP contribution in [0.15, 0.2) is 48.7 Å². The smallest absolute Gasteiger partial charge is 0.328 e. The minimum absolute atomic E-state index is 0.0327. The summed E-state index contributed by atoms with van der Waals surface area (Å²) in [5.74, 6) is -1.56. The average Bonchev–Trinajstić information content (AvgIpc) is 3.26. The van der Waals surface area contributed by atoms with E-state index in [2.05, 4.69) is 25.3 Å². The van der Waals surface area contributed by atoms with Gasteiger partial charge in [0.25, 0.3) is 11.8 Å². The van der Waals surface area contributed by atoms with Crippen LogP contribution in [0.5, 0.6) is 0 Å². The van der Waals surface area contributed by atoms with Crippen LogP contribution in [0.25, 0.3) is 11.2 Å². The first kappa shape index (κ1) is 30.6. The minimum Gasteiger partial charge on any atom is -0.467 e. The van der Waals surface area contributed by atoms with Gasteiger partial charge in [0.1, 0.15) is 6.04 Å². The third-order valence-electron chi connectivity index (χ3n) is 7.25. The number of fused-ring (bicyclic) bond motifs is 2. The van der Waals surface area contributed by atoms with Crippen molar-refractivity contribution < 1.29 is 29.0 Å². The van der Waals surface area contributed by atoms with Gasteiger partial charge in [0.15, 0.2) is 23.2 Å². The van der Waals surface area contributed by atoms with Crippen molar-refractivity contribution in [2.45, 2.75) is 31.7 Å². The number of anilines is 4. The lowest BCUT2D eigenvalue weighted by Crippen LogP contribution is -2.42. The number of aromatic nitrogens is 4. The van der Waals surface area contributed by atoms with E-state index in [0.29, 0.717) is 34.6 Å². The number of hydrogen-bond donors (Lipinski definition) is 5. The molecule has 2 atom stereocenters. The maximum Gasteiger partial charge on any atom is 0.328 e. The highest BCUT2D eigenvalue weighted by Gasteiger charge is 2.35. The van der Waals surface area contributed by atoms with Crippen LogP contribution in [-0.2, 0) is 20.9 Å². The number of carbonyl (C=O) groups excluding carboxylic acids is 4. The molecule has 1 aliphatic rings. The molecule has 16 nitrogen and oxygen atoms in total. The fourth-order valence-electron chi connectivity index (χ4n) is 4.97. The molecular formula is C29H30N10O6. The highest BCUT2D eigenvalue weighted by molar-refractivity contribution is 6.00. The molecule has 0 saturated carbocycles. The van der Waals surface area contributed by atoms with E-state index in [1.54, 1.807) is 24.3 Å². The number of aliphatic hydroxyl groups is 1. The van der Waals surface area contributed by atoms with Gasteiger partial charge in [-0.3, -0.25) is 14.4 Å². The maximum atomic E-state index is 13.0. The van der Waals surface area contributed by atoms with Gasteiger partial charge in [-0.25, -0.2) is 14.8 Å². The third kappa shape index (κ3) is 6.40. The number of aliphatic hydroxyl groups excluding tert-OH is 1. The SMILES string of the molecule is COC(=O)[C@H](CCCN1C(=O)c2cc(N)ccc2C1O)NC(=O)c1ccc(N(C=O)Cc2cnc3nc(N)nc(N)c3n2)cc1. The number of nitrogens with one attached hydrogen (secondary N) is 1. The number of nitrogen functional groups attached to an aromatic ring is 3. The Bertz CT molecular complexity index is 1780. The predicted molar refractivity (Wildman–Crippen MR) is 162 cm³/mol. The molecule has 45 heavy (non-hydrogen) atoms. The molecule has 0 aliphatic carbocycles. The van der Waals surface area contributed by atoms with Gasteiger partial charge in [0.05, 0.1) is 25.5 Å². The normalized spacial score (nSPS) is 14.6. The Morgan fingerprint density at radius 2 is 1.89 bits per heavy atom. The zero-order valence-corrected chi connectivity index (χ0v) is 24.1. The molecule has 3 amide bonds. The van der Waals surface area contributed by atoms with Gasteiger partial charge in [-0.1, -0.05) is 6.07 Å². The van der Waals surface area contributed by atoms with Crippen LogP contribution in [0.3, 0.4) is 0 Å². The van der Waals surface area contributed by atoms with Crippen LogP contribution in [0.4, 0.5) is 23.1 Å². The number of nitrogens with two attached hydrogens (primary N) is 3. The van der Waals surface area contributed by atoms with Crippen LogP contribution in [0, 0.1) is 0 Å². The monoisotopic (exact) mass is 614 g/mol. The van der Waals surface area contributed by atoms with Gasteiger partial charge in [-0.05, 0) is 49.2 Å². The molecule has 0 saturated heterocycles. The molecule has 4 aromatic rings. The van der Waals surface area contributed by atoms with Crippen molar-refractivity contribution in [3.05, 3.63) is 71.0 Å². The van der Waals surface area contributed by atoms with Crippen molar-refractivity contribution in [1.82, 2.24) is 30.2 Å². The fourth-order valence-corrected chi connectivity index (χ4v) is 4.97. The van der Waals surface area contributed by atoms with Gasteiger partial charge in [-0.2, -0.15) is 9.97 Å². The summed E-state index contributed by atoms with van der Waals surface area (Å²) < 4.78 is 4.86. The first-order chi connectivity index (χ1) is 21.6. The number of hydrogen-bond acceptors (Lipinski definition) is 13. The standard InChI is InChI=1S/C29H30N10O6/c1-45-28(44)21(3-2-10-39-26(42)19-9-6-16(30)11-20(19)27(39)43)35-25(41)15-4-7-18(8-5-15)38(14-40)13-17-12-33-24-22(34-17)23(31)36-29(32)37-24/h4-9,11-12,14,21,26,42H,2-3,10,13,30H2,1H3,(H,35,41)(H4,31,32,33,36,37)/t21-,26?/m0/s1. The number of nitrogens with zero attached hydrogens (tertiary/aromatic N) is 6. The first-order valence-electron chi connectivity index (χ1n) is 13.7. The van der Waals surface area contributed by atoms with Crippen molar-refractivity contribution in [2.75, 3.05) is 35.8 Å². The highest BCUT2D eigenvalue weighted by Crippen LogP contribution is 2.33. The molecule has 2 aromatic carbocycles. The summed E-state index contributed by atoms with van der Waals surface area (Å²) >= 11 is 0. The molecule has 16 heteroatoms. The molecule has 0 fully saturated rings. The van der Waals surface area contributed by atoms with Crippen molar-refractivity contribution in [1.29, 1.82) is 0 Å². The topological polar surface area (TPSA) is 246 Å². The Balaban J connectivity index is 1.21. The number of ether oxygens (including phenoxy) is 1. The molecule has 0 radical (unpaired) electrons. The average molecular weight is 615 g/mol. The second kappa shape index (κ2) is 12.8. The Morgan fingerprint density at radius 3 is 2.60 bits per heavy atom. The lowest BCUT2D eigenvalue weighted by Gasteiger charge is -2.22. The number of methoxy groups -OCH3 is 1. The van der Waals surface area contributed by atoms with E-state index < -0.39 is 24.1 Å². The van der Waals surface area contributed by atoms with Crippen molar-refractivity contribution in [3.8, 4) is 0 Å². The molecule has 3 heterocycles. The maximum absolute atomic E-state index is 13.0. The van der Waals surface area contributed by atoms with Gasteiger partial charge < -0.3 is 42.2 Å². The van der Waals surface area contributed by atoms with E-state index in [0.717, 1.165) is 0 Å². The fraction of sp³-hybridized carbons (Fsp3) is 0.241. The zero-order valence-electron chi connectivity index (χ0n) is 24.1. The zero-order chi connectivity index (χ0) is 32.2. The lowest BCUT2D eigenvalue weighted by atomic mass is 10.1. The summed E-state index contributed by atoms with van der Waals surface area (Å²) in [5.41, 5.74) is 20.0. The molecule has 5 rings (SSSR count). The van der Waals surface area contributed by atoms with E-state index in [4.69, 9.17) is 21.9 Å². The number of esters is 1. The van der Waals surface area contributed by atoms with E-state index in [1.807, 2.05) is 0 Å². The summed E-state index contributed by atoms with van der Waals surface area (Å²) in [5, 5.41) is 13.3. The van der Waals surface area contributed by atoms with Crippen molar-refractivity contribution >= 4 is 58.5 Å². The summed E-state index contributed by atoms with van der Waals surface area (Å²) in [6.45, 7) is 0.169. The molecule has 1 aliphatic heterocycles. The first-order valence-corrected chi connectivity index (χ1v) is 13.7. The van der Waals surface area contributed by atoms with E-state index in [9.17, 15) is 24.3 Å². The number of carbonyl (C=O) groups is 4. The van der Waals surface area contributed by atoms with Gasteiger partial charge in [-0.15, -0.1) is 0 Å². The number of amides is 3. The molecule has 232 valence electrons. The highest BCUT2D eigenvalue weighted by atomic mass is 16.5. The molecule has 2 aromatic heterocycles. The Kier molecular flexibility index (Phi) is 8.67. The van der Waals surface area contributed by atoms with E-state index >= 15 is 0 Å². The van der Waals surface area contributed by atoms with Crippen LogP contribution in [0.1, 0.15) is 51.0 Å². The van der Waals surface area contributed by atoms with E-state index in [1.165, 1.54) is 41.3 Å². The summed E-state index contributed by atoms with van der Waals surface area (Å²) in [4.78, 5) is 69.2. The largest absolute Gasteiger partial charge is 0.467 e. The van der Waals surface area contributed by atoms with Gasteiger partial charge in [0, 0.05) is 34.6 Å². The Labute approximate surface area is 256 Å². The van der Waals surface area contributed by atoms with Crippen LogP contribution in [0.2, 0.25) is 0 Å². The third-order valence-corrected chi connectivity index (χ3v) is 7.25. The molecular weight excluding hydrogens is 584 g/mol. The van der Waals surface area contributed by atoms with Gasteiger partial charge >= 0.3 is 5.97 Å². The van der Waals surface area contributed by atoms with Crippen LogP contribution >= 0.6 is 0 Å².